The van der Waals surface area contributed by atoms with Gasteiger partial charge < -0.3 is 5.11 Å². The Morgan fingerprint density at radius 1 is 1.25 bits per heavy atom. The van der Waals surface area contributed by atoms with Crippen LogP contribution in [0.3, 0.4) is 0 Å². The number of para-hydroxylation sites is 1. The lowest BCUT2D eigenvalue weighted by atomic mass is 9.92. The zero-order chi connectivity index (χ0) is 11.7. The molecule has 0 bridgehead atoms. The number of hydrogen-bond donors (Lipinski definition) is 1. The molecule has 2 rings (SSSR count). The molecule has 0 aliphatic rings. The monoisotopic (exact) mass is 215 g/mol. The smallest absolute Gasteiger partial charge is 0.214 e. The SMILES string of the molecule is CCc1c(O)nc2ccccc2c1C(C)C. The van der Waals surface area contributed by atoms with Crippen molar-refractivity contribution in [3.63, 3.8) is 0 Å². The summed E-state index contributed by atoms with van der Waals surface area (Å²) in [7, 11) is 0. The van der Waals surface area contributed by atoms with E-state index in [1.807, 2.05) is 18.2 Å². The van der Waals surface area contributed by atoms with Gasteiger partial charge in [-0.25, -0.2) is 4.98 Å². The summed E-state index contributed by atoms with van der Waals surface area (Å²) in [5.41, 5.74) is 3.08. The summed E-state index contributed by atoms with van der Waals surface area (Å²) in [6.07, 6.45) is 0.817. The topological polar surface area (TPSA) is 33.1 Å². The van der Waals surface area contributed by atoms with Crippen LogP contribution in [0.4, 0.5) is 0 Å². The average Bonchev–Trinajstić information content (AvgIpc) is 2.26. The highest BCUT2D eigenvalue weighted by molar-refractivity contribution is 5.84. The predicted molar refractivity (Wildman–Crippen MR) is 66.9 cm³/mol. The van der Waals surface area contributed by atoms with Gasteiger partial charge in [-0.1, -0.05) is 39.0 Å². The van der Waals surface area contributed by atoms with Crippen LogP contribution in [0.25, 0.3) is 10.9 Å². The van der Waals surface area contributed by atoms with Gasteiger partial charge in [0.15, 0.2) is 0 Å². The van der Waals surface area contributed by atoms with Gasteiger partial charge in [0.1, 0.15) is 0 Å². The molecule has 2 aromatic rings. The molecule has 1 aromatic carbocycles. The van der Waals surface area contributed by atoms with Crippen molar-refractivity contribution in [2.75, 3.05) is 0 Å². The van der Waals surface area contributed by atoms with E-state index in [-0.39, 0.29) is 5.88 Å². The van der Waals surface area contributed by atoms with E-state index in [0.29, 0.717) is 5.92 Å². The molecule has 0 spiro atoms. The fraction of sp³-hybridized carbons (Fsp3) is 0.357. The first-order valence-corrected chi connectivity index (χ1v) is 5.75. The predicted octanol–water partition coefficient (Wildman–Crippen LogP) is 3.63. The van der Waals surface area contributed by atoms with E-state index in [2.05, 4.69) is 31.8 Å². The van der Waals surface area contributed by atoms with E-state index in [1.54, 1.807) is 0 Å². The highest BCUT2D eigenvalue weighted by atomic mass is 16.3. The summed E-state index contributed by atoms with van der Waals surface area (Å²) < 4.78 is 0. The molecule has 16 heavy (non-hydrogen) atoms. The molecule has 0 atom stereocenters. The molecule has 2 nitrogen and oxygen atoms in total. The molecule has 0 saturated carbocycles. The summed E-state index contributed by atoms with van der Waals surface area (Å²) in [5, 5.41) is 11.1. The number of fused-ring (bicyclic) bond motifs is 1. The molecule has 1 N–H and O–H groups in total. The van der Waals surface area contributed by atoms with Gasteiger partial charge in [-0.3, -0.25) is 0 Å². The van der Waals surface area contributed by atoms with Crippen molar-refractivity contribution < 1.29 is 5.11 Å². The van der Waals surface area contributed by atoms with Crippen LogP contribution in [0, 0.1) is 0 Å². The Labute approximate surface area is 96.0 Å². The van der Waals surface area contributed by atoms with Gasteiger partial charge in [0.2, 0.25) is 5.88 Å². The minimum absolute atomic E-state index is 0.185. The molecule has 2 heteroatoms. The maximum atomic E-state index is 9.93. The fourth-order valence-electron chi connectivity index (χ4n) is 2.27. The van der Waals surface area contributed by atoms with E-state index < -0.39 is 0 Å². The lowest BCUT2D eigenvalue weighted by Crippen LogP contribution is -1.99. The molecule has 0 amide bonds. The van der Waals surface area contributed by atoms with E-state index in [9.17, 15) is 5.11 Å². The van der Waals surface area contributed by atoms with E-state index in [1.165, 1.54) is 5.56 Å². The van der Waals surface area contributed by atoms with Crippen molar-refractivity contribution in [3.8, 4) is 5.88 Å². The van der Waals surface area contributed by atoms with E-state index >= 15 is 0 Å². The number of benzene rings is 1. The van der Waals surface area contributed by atoms with Crippen molar-refractivity contribution in [2.24, 2.45) is 0 Å². The average molecular weight is 215 g/mol. The standard InChI is InChI=1S/C14H17NO/c1-4-10-13(9(2)3)11-7-5-6-8-12(11)15-14(10)16/h5-9H,4H2,1-3H3,(H,15,16). The molecular weight excluding hydrogens is 198 g/mol. The van der Waals surface area contributed by atoms with Crippen LogP contribution in [-0.2, 0) is 6.42 Å². The molecule has 1 heterocycles. The first-order chi connectivity index (χ1) is 7.65. The zero-order valence-corrected chi connectivity index (χ0v) is 9.99. The van der Waals surface area contributed by atoms with Crippen LogP contribution in [-0.4, -0.2) is 10.1 Å². The fourth-order valence-corrected chi connectivity index (χ4v) is 2.27. The highest BCUT2D eigenvalue weighted by Gasteiger charge is 2.15. The van der Waals surface area contributed by atoms with Crippen molar-refractivity contribution >= 4 is 10.9 Å². The lowest BCUT2D eigenvalue weighted by Gasteiger charge is -2.15. The van der Waals surface area contributed by atoms with Crippen LogP contribution < -0.4 is 0 Å². The second-order valence-corrected chi connectivity index (χ2v) is 4.35. The lowest BCUT2D eigenvalue weighted by molar-refractivity contribution is 0.447. The Balaban J connectivity index is 2.87. The van der Waals surface area contributed by atoms with Crippen LogP contribution in [0.15, 0.2) is 24.3 Å². The molecule has 84 valence electrons. The van der Waals surface area contributed by atoms with Crippen LogP contribution in [0.2, 0.25) is 0 Å². The molecule has 0 aliphatic heterocycles. The van der Waals surface area contributed by atoms with Crippen molar-refractivity contribution in [1.82, 2.24) is 4.98 Å². The largest absolute Gasteiger partial charge is 0.493 e. The van der Waals surface area contributed by atoms with Crippen molar-refractivity contribution in [2.45, 2.75) is 33.1 Å². The van der Waals surface area contributed by atoms with Crippen LogP contribution >= 0.6 is 0 Å². The van der Waals surface area contributed by atoms with Gasteiger partial charge in [0, 0.05) is 10.9 Å². The number of rotatable bonds is 2. The van der Waals surface area contributed by atoms with Gasteiger partial charge in [-0.15, -0.1) is 0 Å². The van der Waals surface area contributed by atoms with Gasteiger partial charge in [0.25, 0.3) is 0 Å². The summed E-state index contributed by atoms with van der Waals surface area (Å²) in [5.74, 6) is 0.582. The third-order valence-electron chi connectivity index (χ3n) is 2.95. The number of hydrogen-bond acceptors (Lipinski definition) is 2. The molecule has 0 radical (unpaired) electrons. The van der Waals surface area contributed by atoms with Crippen molar-refractivity contribution in [1.29, 1.82) is 0 Å². The van der Waals surface area contributed by atoms with Crippen LogP contribution in [0.1, 0.15) is 37.8 Å². The first-order valence-electron chi connectivity index (χ1n) is 5.75. The Morgan fingerprint density at radius 3 is 2.56 bits per heavy atom. The number of nitrogens with zero attached hydrogens (tertiary/aromatic N) is 1. The maximum Gasteiger partial charge on any atom is 0.214 e. The molecular formula is C14H17NO. The van der Waals surface area contributed by atoms with E-state index in [4.69, 9.17) is 0 Å². The van der Waals surface area contributed by atoms with Crippen molar-refractivity contribution in [3.05, 3.63) is 35.4 Å². The van der Waals surface area contributed by atoms with Crippen LogP contribution in [0.5, 0.6) is 5.88 Å². The quantitative estimate of drug-likeness (QED) is 0.829. The highest BCUT2D eigenvalue weighted by Crippen LogP contribution is 2.32. The summed E-state index contributed by atoms with van der Waals surface area (Å²) >= 11 is 0. The first kappa shape index (κ1) is 10.9. The maximum absolute atomic E-state index is 9.93. The van der Waals surface area contributed by atoms with Gasteiger partial charge in [-0.2, -0.15) is 0 Å². The molecule has 0 unspecified atom stereocenters. The summed E-state index contributed by atoms with van der Waals surface area (Å²) in [4.78, 5) is 4.25. The summed E-state index contributed by atoms with van der Waals surface area (Å²) in [6, 6.07) is 7.99. The normalized spacial score (nSPS) is 11.2. The van der Waals surface area contributed by atoms with Gasteiger partial charge in [-0.05, 0) is 24.0 Å². The number of aromatic hydroxyl groups is 1. The molecule has 0 saturated heterocycles. The summed E-state index contributed by atoms with van der Waals surface area (Å²) in [6.45, 7) is 6.36. The van der Waals surface area contributed by atoms with E-state index in [0.717, 1.165) is 22.9 Å². The van der Waals surface area contributed by atoms with Gasteiger partial charge >= 0.3 is 0 Å². The third-order valence-corrected chi connectivity index (χ3v) is 2.95. The molecule has 0 fully saturated rings. The Hall–Kier alpha value is -1.57. The second-order valence-electron chi connectivity index (χ2n) is 4.35. The molecule has 1 aromatic heterocycles. The Kier molecular flexibility index (Phi) is 2.82. The number of pyridine rings is 1. The Bertz CT molecular complexity index is 517. The Morgan fingerprint density at radius 2 is 1.94 bits per heavy atom. The number of aromatic nitrogens is 1. The minimum Gasteiger partial charge on any atom is -0.493 e. The zero-order valence-electron chi connectivity index (χ0n) is 9.99. The third kappa shape index (κ3) is 1.64. The van der Waals surface area contributed by atoms with Gasteiger partial charge in [0.05, 0.1) is 5.52 Å². The minimum atomic E-state index is 0.185. The molecule has 0 aliphatic carbocycles. The second kappa shape index (κ2) is 4.12.